The van der Waals surface area contributed by atoms with Gasteiger partial charge in [-0.25, -0.2) is 4.79 Å². The second-order valence-electron chi connectivity index (χ2n) is 8.32. The molecule has 0 bridgehead atoms. The molecule has 0 rings (SSSR count). The highest BCUT2D eigenvalue weighted by Crippen LogP contribution is 2.08. The summed E-state index contributed by atoms with van der Waals surface area (Å²) in [7, 11) is 0. The number of carbonyl (C=O) groups excluding carboxylic acids is 4. The van der Waals surface area contributed by atoms with Crippen LogP contribution < -0.4 is 33.2 Å². The van der Waals surface area contributed by atoms with Crippen molar-refractivity contribution >= 4 is 35.6 Å². The van der Waals surface area contributed by atoms with Crippen LogP contribution in [0.1, 0.15) is 58.8 Å². The van der Waals surface area contributed by atoms with E-state index in [-0.39, 0.29) is 18.8 Å². The summed E-state index contributed by atoms with van der Waals surface area (Å²) in [6, 6.07) is -5.19. The highest BCUT2D eigenvalue weighted by Gasteiger charge is 2.32. The number of carboxylic acids is 2. The Kier molecular flexibility index (Phi) is 14.9. The quantitative estimate of drug-likeness (QED) is 0.0935. The molecule has 35 heavy (non-hydrogen) atoms. The zero-order chi connectivity index (χ0) is 27.1. The van der Waals surface area contributed by atoms with Crippen molar-refractivity contribution in [1.82, 2.24) is 16.0 Å². The Bertz CT molecular complexity index is 762. The molecule has 0 saturated carbocycles. The van der Waals surface area contributed by atoms with Crippen LogP contribution in [0.5, 0.6) is 0 Å². The molecule has 0 saturated heterocycles. The van der Waals surface area contributed by atoms with Crippen LogP contribution in [-0.2, 0) is 28.8 Å². The van der Waals surface area contributed by atoms with Crippen molar-refractivity contribution in [3.8, 4) is 0 Å². The van der Waals surface area contributed by atoms with Gasteiger partial charge < -0.3 is 43.4 Å². The normalized spacial score (nSPS) is 15.1. The van der Waals surface area contributed by atoms with Crippen LogP contribution >= 0.6 is 0 Å². The lowest BCUT2D eigenvalue weighted by atomic mass is 9.99. The number of nitrogens with one attached hydrogen (secondary N) is 3. The minimum Gasteiger partial charge on any atom is -0.481 e. The van der Waals surface area contributed by atoms with E-state index >= 15 is 0 Å². The fourth-order valence-corrected chi connectivity index (χ4v) is 3.02. The maximum atomic E-state index is 12.8. The Morgan fingerprint density at radius 3 is 1.86 bits per heavy atom. The molecule has 0 spiro atoms. The summed E-state index contributed by atoms with van der Waals surface area (Å²) in [5.41, 5.74) is 16.4. The number of aliphatic carboxylic acids is 2. The number of primary amides is 1. The standard InChI is InChI=1S/C21H38N6O8/c1-3-11(2)17(24)20(33)27-14(10-15(23)28)19(32)25-12(7-8-16(29)30)18(31)26-13(21(34)35)6-4-5-9-22/h11-14,17H,3-10,22,24H2,1-2H3,(H2,23,28)(H,25,32)(H,26,31)(H,27,33)(H,29,30)(H,34,35). The second-order valence-corrected chi connectivity index (χ2v) is 8.32. The summed E-state index contributed by atoms with van der Waals surface area (Å²) >= 11 is 0. The van der Waals surface area contributed by atoms with Gasteiger partial charge in [0.05, 0.1) is 12.5 Å². The molecule has 0 aliphatic heterocycles. The molecule has 0 aromatic rings. The van der Waals surface area contributed by atoms with E-state index in [9.17, 15) is 33.9 Å². The Hall–Kier alpha value is -3.26. The molecule has 0 aromatic heterocycles. The monoisotopic (exact) mass is 502 g/mol. The molecular formula is C21H38N6O8. The number of nitrogens with two attached hydrogens (primary N) is 3. The van der Waals surface area contributed by atoms with Gasteiger partial charge in [-0.1, -0.05) is 20.3 Å². The molecule has 0 aliphatic carbocycles. The van der Waals surface area contributed by atoms with Gasteiger partial charge in [0, 0.05) is 6.42 Å². The SMILES string of the molecule is CCC(C)C(N)C(=O)NC(CC(N)=O)C(=O)NC(CCC(=O)O)C(=O)NC(CCCCN)C(=O)O. The van der Waals surface area contributed by atoms with Crippen molar-refractivity contribution in [3.63, 3.8) is 0 Å². The molecule has 5 unspecified atom stereocenters. The first-order valence-corrected chi connectivity index (χ1v) is 11.4. The molecule has 0 heterocycles. The Morgan fingerprint density at radius 1 is 0.829 bits per heavy atom. The van der Waals surface area contributed by atoms with Crippen molar-refractivity contribution in [2.45, 2.75) is 83.0 Å². The number of carbonyl (C=O) groups is 6. The van der Waals surface area contributed by atoms with Crippen molar-refractivity contribution in [3.05, 3.63) is 0 Å². The molecule has 0 radical (unpaired) electrons. The van der Waals surface area contributed by atoms with E-state index in [1.54, 1.807) is 6.92 Å². The Morgan fingerprint density at radius 2 is 1.37 bits per heavy atom. The summed E-state index contributed by atoms with van der Waals surface area (Å²) < 4.78 is 0. The minimum absolute atomic E-state index is 0.0751. The molecule has 14 heteroatoms. The van der Waals surface area contributed by atoms with Gasteiger partial charge in [-0.05, 0) is 38.1 Å². The number of hydrogen-bond donors (Lipinski definition) is 8. The van der Waals surface area contributed by atoms with Gasteiger partial charge in [0.25, 0.3) is 0 Å². The predicted molar refractivity (Wildman–Crippen MR) is 124 cm³/mol. The third kappa shape index (κ3) is 12.7. The molecule has 0 fully saturated rings. The third-order valence-electron chi connectivity index (χ3n) is 5.44. The number of hydrogen-bond acceptors (Lipinski definition) is 8. The molecule has 14 nitrogen and oxygen atoms in total. The number of rotatable bonds is 18. The fraction of sp³-hybridized carbons (Fsp3) is 0.714. The van der Waals surface area contributed by atoms with Crippen molar-refractivity contribution < 1.29 is 39.0 Å². The average Bonchev–Trinajstić information content (AvgIpc) is 2.78. The second kappa shape index (κ2) is 16.4. The molecule has 4 amide bonds. The summed E-state index contributed by atoms with van der Waals surface area (Å²) in [4.78, 5) is 72.0. The summed E-state index contributed by atoms with van der Waals surface area (Å²) in [6.45, 7) is 3.88. The largest absolute Gasteiger partial charge is 0.481 e. The Labute approximate surface area is 203 Å². The minimum atomic E-state index is -1.48. The van der Waals surface area contributed by atoms with E-state index in [4.69, 9.17) is 22.3 Å². The van der Waals surface area contributed by atoms with Crippen LogP contribution in [0, 0.1) is 5.92 Å². The third-order valence-corrected chi connectivity index (χ3v) is 5.44. The maximum absolute atomic E-state index is 12.8. The zero-order valence-corrected chi connectivity index (χ0v) is 20.1. The maximum Gasteiger partial charge on any atom is 0.326 e. The van der Waals surface area contributed by atoms with Gasteiger partial charge >= 0.3 is 11.9 Å². The van der Waals surface area contributed by atoms with Gasteiger partial charge in [0.2, 0.25) is 23.6 Å². The first kappa shape index (κ1) is 31.7. The molecule has 200 valence electrons. The lowest BCUT2D eigenvalue weighted by Crippen LogP contribution is -2.58. The molecular weight excluding hydrogens is 464 g/mol. The summed E-state index contributed by atoms with van der Waals surface area (Å²) in [5, 5.41) is 25.3. The van der Waals surface area contributed by atoms with Crippen LogP contribution in [0.25, 0.3) is 0 Å². The highest BCUT2D eigenvalue weighted by molar-refractivity contribution is 5.96. The molecule has 11 N–H and O–H groups in total. The van der Waals surface area contributed by atoms with Crippen LogP contribution in [-0.4, -0.2) is 76.5 Å². The number of amides is 4. The van der Waals surface area contributed by atoms with E-state index in [1.165, 1.54) is 0 Å². The summed E-state index contributed by atoms with van der Waals surface area (Å²) in [6.07, 6.45) is 0.116. The Balaban J connectivity index is 5.58. The van der Waals surface area contributed by atoms with Crippen molar-refractivity contribution in [2.24, 2.45) is 23.1 Å². The van der Waals surface area contributed by atoms with Gasteiger partial charge in [-0.2, -0.15) is 0 Å². The van der Waals surface area contributed by atoms with E-state index in [1.807, 2.05) is 6.92 Å². The topological polar surface area (TPSA) is 257 Å². The number of carboxylic acid groups (broad SMARTS) is 2. The van der Waals surface area contributed by atoms with Crippen molar-refractivity contribution in [2.75, 3.05) is 6.54 Å². The first-order chi connectivity index (χ1) is 16.3. The molecule has 0 aliphatic rings. The van der Waals surface area contributed by atoms with E-state index in [0.717, 1.165) is 0 Å². The van der Waals surface area contributed by atoms with E-state index in [2.05, 4.69) is 16.0 Å². The highest BCUT2D eigenvalue weighted by atomic mass is 16.4. The van der Waals surface area contributed by atoms with Crippen LogP contribution in [0.15, 0.2) is 0 Å². The smallest absolute Gasteiger partial charge is 0.326 e. The van der Waals surface area contributed by atoms with Gasteiger partial charge in [-0.3, -0.25) is 24.0 Å². The van der Waals surface area contributed by atoms with Crippen LogP contribution in [0.2, 0.25) is 0 Å². The van der Waals surface area contributed by atoms with Crippen LogP contribution in [0.4, 0.5) is 0 Å². The zero-order valence-electron chi connectivity index (χ0n) is 20.1. The predicted octanol–water partition coefficient (Wildman–Crippen LogP) is -2.23. The fourth-order valence-electron chi connectivity index (χ4n) is 3.02. The van der Waals surface area contributed by atoms with Gasteiger partial charge in [0.15, 0.2) is 0 Å². The molecule has 5 atom stereocenters. The van der Waals surface area contributed by atoms with Crippen molar-refractivity contribution in [1.29, 1.82) is 0 Å². The first-order valence-electron chi connectivity index (χ1n) is 11.4. The lowest BCUT2D eigenvalue weighted by Gasteiger charge is -2.25. The van der Waals surface area contributed by atoms with Gasteiger partial charge in [0.1, 0.15) is 18.1 Å². The lowest BCUT2D eigenvalue weighted by molar-refractivity contribution is -0.143. The van der Waals surface area contributed by atoms with E-state index in [0.29, 0.717) is 25.8 Å². The number of unbranched alkanes of at least 4 members (excludes halogenated alkanes) is 1. The molecule has 0 aromatic carbocycles. The van der Waals surface area contributed by atoms with Gasteiger partial charge in [-0.15, -0.1) is 0 Å². The average molecular weight is 503 g/mol. The van der Waals surface area contributed by atoms with Crippen LogP contribution in [0.3, 0.4) is 0 Å². The summed E-state index contributed by atoms with van der Waals surface area (Å²) in [5.74, 6) is -6.33. The van der Waals surface area contributed by atoms with E-state index < -0.39 is 72.6 Å².